The highest BCUT2D eigenvalue weighted by Crippen LogP contribution is 2.50. The van der Waals surface area contributed by atoms with Gasteiger partial charge in [-0.25, -0.2) is 14.6 Å². The molecule has 1 aromatic carbocycles. The topological polar surface area (TPSA) is 131 Å². The van der Waals surface area contributed by atoms with Gasteiger partial charge in [0.05, 0.1) is 50.1 Å². The van der Waals surface area contributed by atoms with Crippen molar-refractivity contribution in [1.82, 2.24) is 39.8 Å². The van der Waals surface area contributed by atoms with Gasteiger partial charge in [0, 0.05) is 44.3 Å². The highest BCUT2D eigenvalue weighted by atomic mass is 16.5. The van der Waals surface area contributed by atoms with Crippen LogP contribution in [0.5, 0.6) is 11.5 Å². The Hall–Kier alpha value is -4.78. The van der Waals surface area contributed by atoms with Crippen LogP contribution in [-0.4, -0.2) is 107 Å². The molecule has 3 aliphatic rings. The number of nitrogens with zero attached hydrogens (tertiary/aromatic N) is 8. The summed E-state index contributed by atoms with van der Waals surface area (Å²) in [4.78, 5) is 47.8. The van der Waals surface area contributed by atoms with Crippen molar-refractivity contribution in [3.05, 3.63) is 65.4 Å². The molecular formula is C38H49N9O4. The minimum absolute atomic E-state index is 0.0811. The van der Waals surface area contributed by atoms with E-state index in [0.717, 1.165) is 78.7 Å². The number of anilines is 1. The van der Waals surface area contributed by atoms with Crippen molar-refractivity contribution in [2.75, 3.05) is 65.4 Å². The normalized spacial score (nSPS) is 20.5. The number of carbonyl (C=O) groups excluding carboxylic acids is 2. The Morgan fingerprint density at radius 2 is 1.73 bits per heavy atom. The smallest absolute Gasteiger partial charge is 0.237 e. The number of methoxy groups -OCH3 is 2. The summed E-state index contributed by atoms with van der Waals surface area (Å²) >= 11 is 0. The lowest BCUT2D eigenvalue weighted by molar-refractivity contribution is -0.143. The van der Waals surface area contributed by atoms with Gasteiger partial charge < -0.3 is 29.5 Å². The fourth-order valence-corrected chi connectivity index (χ4v) is 8.46. The first-order chi connectivity index (χ1) is 24.9. The summed E-state index contributed by atoms with van der Waals surface area (Å²) in [7, 11) is 5.10. The summed E-state index contributed by atoms with van der Waals surface area (Å²) in [6.45, 7) is 6.23. The number of hydrogen-bond donors (Lipinski definition) is 1. The number of amides is 2. The Balaban J connectivity index is 1.02. The van der Waals surface area contributed by atoms with Crippen LogP contribution in [0.3, 0.4) is 0 Å². The van der Waals surface area contributed by atoms with E-state index in [1.807, 2.05) is 21.8 Å². The number of hydrogen-bond acceptors (Lipinski definition) is 10. The van der Waals surface area contributed by atoms with Crippen LogP contribution in [0.25, 0.3) is 11.0 Å². The molecular weight excluding hydrogens is 646 g/mol. The molecule has 7 rings (SSSR count). The third-order valence-electron chi connectivity index (χ3n) is 11.0. The van der Waals surface area contributed by atoms with Crippen LogP contribution >= 0.6 is 0 Å². The van der Waals surface area contributed by atoms with E-state index in [1.54, 1.807) is 27.6 Å². The number of pyridine rings is 1. The number of aromatic nitrogens is 5. The highest BCUT2D eigenvalue weighted by Gasteiger charge is 2.48. The van der Waals surface area contributed by atoms with Crippen molar-refractivity contribution in [2.24, 2.45) is 5.92 Å². The van der Waals surface area contributed by atoms with Gasteiger partial charge in [-0.2, -0.15) is 5.10 Å². The molecule has 0 bridgehead atoms. The number of carbonyl (C=O) groups is 2. The van der Waals surface area contributed by atoms with E-state index in [4.69, 9.17) is 14.5 Å². The Morgan fingerprint density at radius 1 is 0.980 bits per heavy atom. The molecule has 3 aromatic heterocycles. The van der Waals surface area contributed by atoms with Crippen LogP contribution in [0.15, 0.2) is 42.9 Å². The lowest BCUT2D eigenvalue weighted by atomic mass is 9.68. The van der Waals surface area contributed by atoms with Gasteiger partial charge in [0.15, 0.2) is 17.1 Å². The zero-order valence-electron chi connectivity index (χ0n) is 30.2. The number of piperazine rings is 1. The summed E-state index contributed by atoms with van der Waals surface area (Å²) in [5.41, 5.74) is 4.65. The number of benzene rings is 1. The average molecular weight is 696 g/mol. The molecule has 1 N–H and O–H groups in total. The van der Waals surface area contributed by atoms with Gasteiger partial charge in [-0.05, 0) is 81.0 Å². The van der Waals surface area contributed by atoms with E-state index >= 15 is 0 Å². The number of ether oxygens (including phenoxy) is 2. The van der Waals surface area contributed by atoms with Gasteiger partial charge in [0.2, 0.25) is 11.8 Å². The van der Waals surface area contributed by atoms with Gasteiger partial charge in [0.25, 0.3) is 0 Å². The van der Waals surface area contributed by atoms with E-state index in [1.165, 1.54) is 5.56 Å². The van der Waals surface area contributed by atoms with Crippen molar-refractivity contribution in [2.45, 2.75) is 64.0 Å². The summed E-state index contributed by atoms with van der Waals surface area (Å²) in [5.74, 6) is 2.42. The summed E-state index contributed by atoms with van der Waals surface area (Å²) < 4.78 is 13.2. The molecule has 2 aliphatic heterocycles. The van der Waals surface area contributed by atoms with E-state index < -0.39 is 5.54 Å². The lowest BCUT2D eigenvalue weighted by Crippen LogP contribution is -2.57. The van der Waals surface area contributed by atoms with Gasteiger partial charge in [-0.1, -0.05) is 19.4 Å². The number of fused-ring (bicyclic) bond motifs is 3. The maximum Gasteiger partial charge on any atom is 0.237 e. The average Bonchev–Trinajstić information content (AvgIpc) is 3.57. The number of likely N-dealkylation sites (N-methyl/N-ethyl adjacent to an activating group) is 1. The molecule has 51 heavy (non-hydrogen) atoms. The van der Waals surface area contributed by atoms with Crippen LogP contribution in [0.2, 0.25) is 0 Å². The second-order valence-electron chi connectivity index (χ2n) is 13.9. The van der Waals surface area contributed by atoms with Crippen molar-refractivity contribution < 1.29 is 19.1 Å². The zero-order chi connectivity index (χ0) is 35.5. The first-order valence-electron chi connectivity index (χ1n) is 18.2. The second kappa shape index (κ2) is 14.8. The Morgan fingerprint density at radius 3 is 2.45 bits per heavy atom. The van der Waals surface area contributed by atoms with Crippen molar-refractivity contribution in [3.8, 4) is 11.5 Å². The maximum atomic E-state index is 14.0. The third kappa shape index (κ3) is 6.59. The minimum Gasteiger partial charge on any atom is -0.493 e. The van der Waals surface area contributed by atoms with Gasteiger partial charge in [-0.15, -0.1) is 0 Å². The third-order valence-corrected chi connectivity index (χ3v) is 11.0. The first-order valence-corrected chi connectivity index (χ1v) is 18.2. The molecule has 5 heterocycles. The van der Waals surface area contributed by atoms with Crippen LogP contribution in [0.1, 0.15) is 61.5 Å². The highest BCUT2D eigenvalue weighted by molar-refractivity contribution is 5.87. The largest absolute Gasteiger partial charge is 0.493 e. The molecule has 0 unspecified atom stereocenters. The lowest BCUT2D eigenvalue weighted by Gasteiger charge is -2.52. The molecule has 13 nitrogen and oxygen atoms in total. The minimum atomic E-state index is -0.478. The monoisotopic (exact) mass is 695 g/mol. The molecule has 270 valence electrons. The SMILES string of the molecule is CCCc1cccc(Cn2ncc3c(N4CCN(C(=O)C5CCC6(CC5)c5cc(OC)c(OC)cc5CCN6C(=O)CNC)CC4)ncnc32)n1. The van der Waals surface area contributed by atoms with E-state index in [9.17, 15) is 9.59 Å². The molecule has 1 saturated carbocycles. The molecule has 1 spiro atoms. The van der Waals surface area contributed by atoms with Gasteiger partial charge in [0.1, 0.15) is 12.1 Å². The second-order valence-corrected chi connectivity index (χ2v) is 13.9. The Labute approximate surface area is 299 Å². The molecule has 13 heteroatoms. The molecule has 2 fully saturated rings. The summed E-state index contributed by atoms with van der Waals surface area (Å²) in [6, 6.07) is 10.3. The van der Waals surface area contributed by atoms with E-state index in [0.29, 0.717) is 50.8 Å². The summed E-state index contributed by atoms with van der Waals surface area (Å²) in [6.07, 6.45) is 9.09. The van der Waals surface area contributed by atoms with Crippen molar-refractivity contribution in [1.29, 1.82) is 0 Å². The van der Waals surface area contributed by atoms with Gasteiger partial charge in [-0.3, -0.25) is 14.6 Å². The predicted octanol–water partition coefficient (Wildman–Crippen LogP) is 3.58. The van der Waals surface area contributed by atoms with Crippen LogP contribution in [-0.2, 0) is 34.5 Å². The molecule has 0 radical (unpaired) electrons. The standard InChI is InChI=1S/C38H49N9O4/c1-5-7-28-8-6-9-29(43-28)24-47-36-30(22-42-47)35(40-25-41-36)44-16-18-45(19-17-44)37(49)26-10-13-38(14-11-26)31-21-33(51-4)32(50-3)20-27(31)12-15-46(38)34(48)23-39-2/h6,8-9,20-22,25-26,39H,5,7,10-19,23-24H2,1-4H3. The van der Waals surface area contributed by atoms with E-state index in [2.05, 4.69) is 61.4 Å². The van der Waals surface area contributed by atoms with Crippen LogP contribution in [0.4, 0.5) is 5.82 Å². The van der Waals surface area contributed by atoms with Crippen LogP contribution in [0, 0.1) is 5.92 Å². The molecule has 1 saturated heterocycles. The molecule has 4 aromatic rings. The molecule has 2 amide bonds. The zero-order valence-corrected chi connectivity index (χ0v) is 30.2. The number of aryl methyl sites for hydroxylation is 1. The van der Waals surface area contributed by atoms with Crippen molar-refractivity contribution in [3.63, 3.8) is 0 Å². The number of nitrogens with one attached hydrogen (secondary N) is 1. The molecule has 1 aliphatic carbocycles. The fraction of sp³-hybridized carbons (Fsp3) is 0.526. The Kier molecular flexibility index (Phi) is 10.1. The first kappa shape index (κ1) is 34.7. The van der Waals surface area contributed by atoms with E-state index in [-0.39, 0.29) is 24.3 Å². The van der Waals surface area contributed by atoms with Crippen molar-refractivity contribution >= 4 is 28.7 Å². The predicted molar refractivity (Wildman–Crippen MR) is 194 cm³/mol. The van der Waals surface area contributed by atoms with Gasteiger partial charge >= 0.3 is 0 Å². The quantitative estimate of drug-likeness (QED) is 0.263. The molecule has 0 atom stereocenters. The maximum absolute atomic E-state index is 14.0. The number of rotatable bonds is 10. The Bertz CT molecular complexity index is 1880. The fourth-order valence-electron chi connectivity index (χ4n) is 8.46. The summed E-state index contributed by atoms with van der Waals surface area (Å²) in [5, 5.41) is 8.61. The van der Waals surface area contributed by atoms with Crippen LogP contribution < -0.4 is 19.7 Å².